The molecule has 0 aliphatic heterocycles. The zero-order chi connectivity index (χ0) is 9.40. The lowest BCUT2D eigenvalue weighted by Crippen LogP contribution is -1.90. The summed E-state index contributed by atoms with van der Waals surface area (Å²) in [5.74, 6) is 0.781. The first-order valence-electron chi connectivity index (χ1n) is 5.33. The molecule has 0 N–H and O–H groups in total. The van der Waals surface area contributed by atoms with E-state index in [0.29, 0.717) is 0 Å². The van der Waals surface area contributed by atoms with Crippen LogP contribution in [0, 0.1) is 5.92 Å². The van der Waals surface area contributed by atoms with E-state index in [1.54, 1.807) is 0 Å². The highest BCUT2D eigenvalue weighted by Crippen LogP contribution is 2.15. The SMILES string of the molecule is C=C(CCCCCC)CC(C)C. The molecule has 0 spiro atoms. The second-order valence-corrected chi connectivity index (χ2v) is 4.16. The maximum absolute atomic E-state index is 4.09. The fourth-order valence-corrected chi connectivity index (χ4v) is 1.48. The predicted molar refractivity (Wildman–Crippen MR) is 57.4 cm³/mol. The number of allylic oxidation sites excluding steroid dienone is 1. The summed E-state index contributed by atoms with van der Waals surface area (Å²) in [7, 11) is 0. The molecule has 0 fully saturated rings. The lowest BCUT2D eigenvalue weighted by molar-refractivity contribution is 0.599. The van der Waals surface area contributed by atoms with Gasteiger partial charge in [0.15, 0.2) is 0 Å². The van der Waals surface area contributed by atoms with Gasteiger partial charge in [-0.1, -0.05) is 52.2 Å². The van der Waals surface area contributed by atoms with Crippen molar-refractivity contribution in [2.24, 2.45) is 5.92 Å². The van der Waals surface area contributed by atoms with Crippen molar-refractivity contribution in [3.05, 3.63) is 12.2 Å². The van der Waals surface area contributed by atoms with Crippen LogP contribution in [0.15, 0.2) is 12.2 Å². The van der Waals surface area contributed by atoms with Crippen molar-refractivity contribution in [3.8, 4) is 0 Å². The Kier molecular flexibility index (Phi) is 7.23. The predicted octanol–water partition coefficient (Wildman–Crippen LogP) is 4.56. The number of rotatable bonds is 7. The fraction of sp³-hybridized carbons (Fsp3) is 0.833. The molecular weight excluding hydrogens is 144 g/mol. The first-order chi connectivity index (χ1) is 5.66. The molecule has 0 aliphatic rings. The van der Waals surface area contributed by atoms with E-state index in [1.165, 1.54) is 44.1 Å². The Morgan fingerprint density at radius 3 is 2.33 bits per heavy atom. The van der Waals surface area contributed by atoms with Crippen molar-refractivity contribution in [2.45, 2.75) is 59.3 Å². The lowest BCUT2D eigenvalue weighted by atomic mass is 9.99. The van der Waals surface area contributed by atoms with Crippen LogP contribution in [0.4, 0.5) is 0 Å². The van der Waals surface area contributed by atoms with Gasteiger partial charge >= 0.3 is 0 Å². The molecule has 0 bridgehead atoms. The minimum absolute atomic E-state index is 0.781. The summed E-state index contributed by atoms with van der Waals surface area (Å²) in [5.41, 5.74) is 1.45. The third-order valence-corrected chi connectivity index (χ3v) is 2.08. The molecule has 72 valence electrons. The van der Waals surface area contributed by atoms with Crippen molar-refractivity contribution in [1.29, 1.82) is 0 Å². The van der Waals surface area contributed by atoms with E-state index in [2.05, 4.69) is 27.4 Å². The molecule has 0 aromatic carbocycles. The van der Waals surface area contributed by atoms with Gasteiger partial charge in [0.05, 0.1) is 0 Å². The maximum Gasteiger partial charge on any atom is -0.0300 e. The van der Waals surface area contributed by atoms with Crippen molar-refractivity contribution in [3.63, 3.8) is 0 Å². The second-order valence-electron chi connectivity index (χ2n) is 4.16. The van der Waals surface area contributed by atoms with Gasteiger partial charge in [-0.3, -0.25) is 0 Å². The maximum atomic E-state index is 4.09. The van der Waals surface area contributed by atoms with Crippen LogP contribution in [0.2, 0.25) is 0 Å². The third-order valence-electron chi connectivity index (χ3n) is 2.08. The number of unbranched alkanes of at least 4 members (excludes halogenated alkanes) is 3. The quantitative estimate of drug-likeness (QED) is 0.386. The van der Waals surface area contributed by atoms with E-state index in [-0.39, 0.29) is 0 Å². The van der Waals surface area contributed by atoms with Gasteiger partial charge in [-0.25, -0.2) is 0 Å². The minimum atomic E-state index is 0.781. The fourth-order valence-electron chi connectivity index (χ4n) is 1.48. The van der Waals surface area contributed by atoms with Crippen molar-refractivity contribution < 1.29 is 0 Å². The summed E-state index contributed by atoms with van der Waals surface area (Å²) in [4.78, 5) is 0. The molecule has 0 unspecified atom stereocenters. The topological polar surface area (TPSA) is 0 Å². The Morgan fingerprint density at radius 1 is 1.17 bits per heavy atom. The highest BCUT2D eigenvalue weighted by Gasteiger charge is 1.98. The van der Waals surface area contributed by atoms with E-state index in [0.717, 1.165) is 5.92 Å². The normalized spacial score (nSPS) is 10.7. The molecule has 0 heterocycles. The summed E-state index contributed by atoms with van der Waals surface area (Å²) in [6.45, 7) is 10.9. The molecule has 0 nitrogen and oxygen atoms in total. The zero-order valence-corrected chi connectivity index (χ0v) is 9.03. The smallest absolute Gasteiger partial charge is 0.0300 e. The highest BCUT2D eigenvalue weighted by molar-refractivity contribution is 4.94. The van der Waals surface area contributed by atoms with E-state index >= 15 is 0 Å². The average molecular weight is 168 g/mol. The summed E-state index contributed by atoms with van der Waals surface area (Å²) in [6.07, 6.45) is 7.91. The second kappa shape index (κ2) is 7.39. The molecule has 0 saturated heterocycles. The van der Waals surface area contributed by atoms with Crippen LogP contribution in [0.25, 0.3) is 0 Å². The van der Waals surface area contributed by atoms with Gasteiger partial charge < -0.3 is 0 Å². The Hall–Kier alpha value is -0.260. The van der Waals surface area contributed by atoms with Crippen molar-refractivity contribution >= 4 is 0 Å². The lowest BCUT2D eigenvalue weighted by Gasteiger charge is -2.07. The largest absolute Gasteiger partial charge is 0.0999 e. The van der Waals surface area contributed by atoms with Crippen LogP contribution in [0.5, 0.6) is 0 Å². The molecule has 0 aliphatic carbocycles. The third kappa shape index (κ3) is 7.84. The van der Waals surface area contributed by atoms with Gasteiger partial charge in [0, 0.05) is 0 Å². The summed E-state index contributed by atoms with van der Waals surface area (Å²) < 4.78 is 0. The van der Waals surface area contributed by atoms with Gasteiger partial charge in [-0.15, -0.1) is 0 Å². The molecule has 0 saturated carbocycles. The Labute approximate surface area is 78.1 Å². The van der Waals surface area contributed by atoms with E-state index in [9.17, 15) is 0 Å². The van der Waals surface area contributed by atoms with Gasteiger partial charge in [-0.05, 0) is 25.2 Å². The van der Waals surface area contributed by atoms with Crippen molar-refractivity contribution in [1.82, 2.24) is 0 Å². The molecule has 0 aromatic heterocycles. The molecule has 0 aromatic rings. The van der Waals surface area contributed by atoms with Crippen molar-refractivity contribution in [2.75, 3.05) is 0 Å². The van der Waals surface area contributed by atoms with Gasteiger partial charge in [0.1, 0.15) is 0 Å². The highest BCUT2D eigenvalue weighted by atomic mass is 14.0. The number of hydrogen-bond donors (Lipinski definition) is 0. The van der Waals surface area contributed by atoms with Crippen LogP contribution in [-0.4, -0.2) is 0 Å². The van der Waals surface area contributed by atoms with Crippen LogP contribution < -0.4 is 0 Å². The van der Waals surface area contributed by atoms with Gasteiger partial charge in [0.25, 0.3) is 0 Å². The average Bonchev–Trinajstić information content (AvgIpc) is 1.97. The van der Waals surface area contributed by atoms with Gasteiger partial charge in [0.2, 0.25) is 0 Å². The monoisotopic (exact) mass is 168 g/mol. The molecule has 0 rings (SSSR count). The zero-order valence-electron chi connectivity index (χ0n) is 9.03. The molecule has 0 radical (unpaired) electrons. The Balaban J connectivity index is 3.20. The van der Waals surface area contributed by atoms with E-state index in [4.69, 9.17) is 0 Å². The molecule has 0 amide bonds. The van der Waals surface area contributed by atoms with Crippen LogP contribution in [-0.2, 0) is 0 Å². The minimum Gasteiger partial charge on any atom is -0.0999 e. The molecule has 0 heteroatoms. The molecule has 0 atom stereocenters. The first-order valence-corrected chi connectivity index (χ1v) is 5.33. The molecule has 12 heavy (non-hydrogen) atoms. The Bertz CT molecular complexity index is 111. The standard InChI is InChI=1S/C12H24/c1-5-6-7-8-9-12(4)10-11(2)3/h11H,4-10H2,1-3H3. The van der Waals surface area contributed by atoms with Crippen LogP contribution >= 0.6 is 0 Å². The Morgan fingerprint density at radius 2 is 1.83 bits per heavy atom. The van der Waals surface area contributed by atoms with E-state index in [1.807, 2.05) is 0 Å². The summed E-state index contributed by atoms with van der Waals surface area (Å²) in [6, 6.07) is 0. The summed E-state index contributed by atoms with van der Waals surface area (Å²) in [5, 5.41) is 0. The van der Waals surface area contributed by atoms with E-state index < -0.39 is 0 Å². The molecular formula is C12H24. The summed E-state index contributed by atoms with van der Waals surface area (Å²) >= 11 is 0. The first kappa shape index (κ1) is 11.7. The van der Waals surface area contributed by atoms with Crippen LogP contribution in [0.1, 0.15) is 59.3 Å². The van der Waals surface area contributed by atoms with Gasteiger partial charge in [-0.2, -0.15) is 0 Å². The number of hydrogen-bond acceptors (Lipinski definition) is 0. The van der Waals surface area contributed by atoms with Crippen LogP contribution in [0.3, 0.4) is 0 Å².